The molecule has 1 atom stereocenters. The predicted octanol–water partition coefficient (Wildman–Crippen LogP) is 3.26. The third-order valence-electron chi connectivity index (χ3n) is 3.55. The molecule has 116 valence electrons. The van der Waals surface area contributed by atoms with E-state index in [9.17, 15) is 5.26 Å². The van der Waals surface area contributed by atoms with Crippen molar-refractivity contribution in [2.45, 2.75) is 39.2 Å². The largest absolute Gasteiger partial charge is 0.490 e. The van der Waals surface area contributed by atoms with Crippen molar-refractivity contribution in [1.82, 2.24) is 4.90 Å². The lowest BCUT2D eigenvalue weighted by Crippen LogP contribution is -2.41. The molecule has 0 aliphatic carbocycles. The molecule has 1 aromatic rings. The van der Waals surface area contributed by atoms with Gasteiger partial charge in [-0.1, -0.05) is 13.0 Å². The number of ether oxygens (including phenoxy) is 2. The highest BCUT2D eigenvalue weighted by Crippen LogP contribution is 2.30. The van der Waals surface area contributed by atoms with Gasteiger partial charge in [-0.05, 0) is 52.1 Å². The van der Waals surface area contributed by atoms with Crippen molar-refractivity contribution in [2.75, 3.05) is 27.3 Å². The molecule has 1 aromatic carbocycles. The first kappa shape index (κ1) is 17.3. The van der Waals surface area contributed by atoms with Gasteiger partial charge in [-0.25, -0.2) is 0 Å². The Morgan fingerprint density at radius 3 is 2.43 bits per heavy atom. The van der Waals surface area contributed by atoms with E-state index in [1.54, 1.807) is 0 Å². The van der Waals surface area contributed by atoms with Crippen LogP contribution in [0.15, 0.2) is 18.2 Å². The van der Waals surface area contributed by atoms with E-state index in [2.05, 4.69) is 13.0 Å². The van der Waals surface area contributed by atoms with Crippen LogP contribution in [0.4, 0.5) is 0 Å². The summed E-state index contributed by atoms with van der Waals surface area (Å²) >= 11 is 0. The maximum atomic E-state index is 9.41. The fourth-order valence-corrected chi connectivity index (χ4v) is 1.96. The number of hydrogen-bond acceptors (Lipinski definition) is 4. The summed E-state index contributed by atoms with van der Waals surface area (Å²) in [6.45, 7) is 7.23. The first-order valence-electron chi connectivity index (χ1n) is 7.44. The highest BCUT2D eigenvalue weighted by molar-refractivity contribution is 5.43. The molecule has 21 heavy (non-hydrogen) atoms. The zero-order chi connectivity index (χ0) is 15.9. The first-order valence-corrected chi connectivity index (χ1v) is 7.44. The fourth-order valence-electron chi connectivity index (χ4n) is 1.96. The molecule has 4 heteroatoms. The van der Waals surface area contributed by atoms with Gasteiger partial charge in [0.05, 0.1) is 19.3 Å². The quantitative estimate of drug-likeness (QED) is 0.737. The van der Waals surface area contributed by atoms with Crippen molar-refractivity contribution in [3.05, 3.63) is 23.8 Å². The Morgan fingerprint density at radius 2 is 1.90 bits per heavy atom. The lowest BCUT2D eigenvalue weighted by Gasteiger charge is -2.29. The molecular formula is C17H26N2O2. The molecule has 0 aliphatic heterocycles. The van der Waals surface area contributed by atoms with Gasteiger partial charge in [0.25, 0.3) is 0 Å². The van der Waals surface area contributed by atoms with Crippen LogP contribution in [-0.4, -0.2) is 37.7 Å². The molecule has 0 radical (unpaired) electrons. The lowest BCUT2D eigenvalue weighted by molar-refractivity contribution is 0.236. The van der Waals surface area contributed by atoms with E-state index in [-0.39, 0.29) is 0 Å². The van der Waals surface area contributed by atoms with Gasteiger partial charge in [-0.2, -0.15) is 5.26 Å². The molecule has 0 N–H and O–H groups in total. The van der Waals surface area contributed by atoms with Gasteiger partial charge in [-0.3, -0.25) is 4.90 Å². The Balaban J connectivity index is 3.00. The molecule has 0 amide bonds. The summed E-state index contributed by atoms with van der Waals surface area (Å²) in [5.74, 6) is 1.52. The van der Waals surface area contributed by atoms with Crippen molar-refractivity contribution in [1.29, 1.82) is 5.26 Å². The zero-order valence-corrected chi connectivity index (χ0v) is 13.8. The third-order valence-corrected chi connectivity index (χ3v) is 3.55. The molecule has 0 aromatic heterocycles. The van der Waals surface area contributed by atoms with Crippen LogP contribution < -0.4 is 9.47 Å². The van der Waals surface area contributed by atoms with E-state index in [0.29, 0.717) is 19.6 Å². The van der Waals surface area contributed by atoms with Crippen LogP contribution in [0, 0.1) is 11.3 Å². The van der Waals surface area contributed by atoms with Gasteiger partial charge in [0.2, 0.25) is 0 Å². The van der Waals surface area contributed by atoms with Crippen molar-refractivity contribution < 1.29 is 9.47 Å². The number of hydrogen-bond donors (Lipinski definition) is 0. The molecule has 4 nitrogen and oxygen atoms in total. The van der Waals surface area contributed by atoms with Gasteiger partial charge in [0, 0.05) is 6.42 Å². The van der Waals surface area contributed by atoms with Crippen LogP contribution in [0.2, 0.25) is 0 Å². The van der Waals surface area contributed by atoms with E-state index in [1.807, 2.05) is 51.0 Å². The summed E-state index contributed by atoms with van der Waals surface area (Å²) in [6.07, 6.45) is 1.60. The number of nitrogens with zero attached hydrogens (tertiary/aromatic N) is 2. The van der Waals surface area contributed by atoms with Crippen LogP contribution in [-0.2, 0) is 6.42 Å². The van der Waals surface area contributed by atoms with Crippen LogP contribution >= 0.6 is 0 Å². The standard InChI is InChI=1S/C17H26N2O2/c1-6-10-21-15-9-8-14(11-16(15)20-7-2)12-17(3,13-18)19(4)5/h8-9,11H,6-7,10,12H2,1-5H3. The Hall–Kier alpha value is -1.73. The van der Waals surface area contributed by atoms with Crippen molar-refractivity contribution in [3.8, 4) is 17.6 Å². The average molecular weight is 290 g/mol. The highest BCUT2D eigenvalue weighted by Gasteiger charge is 2.27. The van der Waals surface area contributed by atoms with Gasteiger partial charge in [-0.15, -0.1) is 0 Å². The fraction of sp³-hybridized carbons (Fsp3) is 0.588. The summed E-state index contributed by atoms with van der Waals surface area (Å²) in [4.78, 5) is 1.94. The number of rotatable bonds is 8. The monoisotopic (exact) mass is 290 g/mol. The van der Waals surface area contributed by atoms with Gasteiger partial charge in [0.1, 0.15) is 5.54 Å². The van der Waals surface area contributed by atoms with Crippen molar-refractivity contribution in [3.63, 3.8) is 0 Å². The molecule has 0 heterocycles. The number of likely N-dealkylation sites (N-methyl/N-ethyl adjacent to an activating group) is 1. The molecule has 0 aliphatic rings. The van der Waals surface area contributed by atoms with Crippen LogP contribution in [0.1, 0.15) is 32.8 Å². The molecule has 0 fully saturated rings. The van der Waals surface area contributed by atoms with E-state index in [0.717, 1.165) is 23.5 Å². The van der Waals surface area contributed by atoms with Gasteiger partial charge >= 0.3 is 0 Å². The minimum atomic E-state index is -0.532. The van der Waals surface area contributed by atoms with E-state index in [1.165, 1.54) is 0 Å². The van der Waals surface area contributed by atoms with Crippen molar-refractivity contribution in [2.24, 2.45) is 0 Å². The SMILES string of the molecule is CCCOc1ccc(CC(C)(C#N)N(C)C)cc1OCC. The van der Waals surface area contributed by atoms with E-state index < -0.39 is 5.54 Å². The molecule has 1 unspecified atom stereocenters. The van der Waals surface area contributed by atoms with Gasteiger partial charge < -0.3 is 9.47 Å². The Labute approximate surface area is 128 Å². The zero-order valence-electron chi connectivity index (χ0n) is 13.8. The summed E-state index contributed by atoms with van der Waals surface area (Å²) < 4.78 is 11.4. The number of benzene rings is 1. The maximum absolute atomic E-state index is 9.41. The smallest absolute Gasteiger partial charge is 0.161 e. The minimum absolute atomic E-state index is 0.532. The van der Waals surface area contributed by atoms with Gasteiger partial charge in [0.15, 0.2) is 11.5 Å². The van der Waals surface area contributed by atoms with Crippen LogP contribution in [0.5, 0.6) is 11.5 Å². The Kier molecular flexibility index (Phi) is 6.51. The average Bonchev–Trinajstić information content (AvgIpc) is 2.46. The summed E-state index contributed by atoms with van der Waals surface area (Å²) in [7, 11) is 3.84. The summed E-state index contributed by atoms with van der Waals surface area (Å²) in [5, 5.41) is 9.41. The normalized spacial score (nSPS) is 13.6. The topological polar surface area (TPSA) is 45.5 Å². The maximum Gasteiger partial charge on any atom is 0.161 e. The highest BCUT2D eigenvalue weighted by atomic mass is 16.5. The second kappa shape index (κ2) is 7.90. The molecule has 0 bridgehead atoms. The molecule has 1 rings (SSSR count). The third kappa shape index (κ3) is 4.64. The first-order chi connectivity index (χ1) is 9.96. The lowest BCUT2D eigenvalue weighted by atomic mass is 9.93. The predicted molar refractivity (Wildman–Crippen MR) is 84.8 cm³/mol. The van der Waals surface area contributed by atoms with Crippen LogP contribution in [0.25, 0.3) is 0 Å². The summed E-state index contributed by atoms with van der Waals surface area (Å²) in [6, 6.07) is 8.30. The van der Waals surface area contributed by atoms with E-state index >= 15 is 0 Å². The molecular weight excluding hydrogens is 264 g/mol. The van der Waals surface area contributed by atoms with E-state index in [4.69, 9.17) is 9.47 Å². The molecule has 0 saturated heterocycles. The van der Waals surface area contributed by atoms with Crippen molar-refractivity contribution >= 4 is 0 Å². The minimum Gasteiger partial charge on any atom is -0.490 e. The number of nitriles is 1. The second-order valence-corrected chi connectivity index (χ2v) is 5.52. The van der Waals surface area contributed by atoms with Crippen LogP contribution in [0.3, 0.4) is 0 Å². The molecule has 0 saturated carbocycles. The Bertz CT molecular complexity index is 494. The Morgan fingerprint density at radius 1 is 1.19 bits per heavy atom. The second-order valence-electron chi connectivity index (χ2n) is 5.52. The molecule has 0 spiro atoms. The summed E-state index contributed by atoms with van der Waals surface area (Å²) in [5.41, 5.74) is 0.537.